The van der Waals surface area contributed by atoms with Crippen LogP contribution in [0, 0.1) is 0 Å². The smallest absolute Gasteiger partial charge is 0.184 e. The molecule has 21 heavy (non-hydrogen) atoms. The molecule has 0 aliphatic rings. The molecule has 6 heteroatoms. The first-order valence-corrected chi connectivity index (χ1v) is 7.47. The first kappa shape index (κ1) is 17.2. The van der Waals surface area contributed by atoms with Crippen molar-refractivity contribution in [1.82, 2.24) is 5.43 Å². The maximum Gasteiger partial charge on any atom is 0.184 e. The van der Waals surface area contributed by atoms with Crippen LogP contribution in [0.4, 0.5) is 0 Å². The zero-order chi connectivity index (χ0) is 15.5. The van der Waals surface area contributed by atoms with Crippen molar-refractivity contribution in [2.24, 2.45) is 10.8 Å². The van der Waals surface area contributed by atoms with Gasteiger partial charge in [-0.1, -0.05) is 26.2 Å². The molecule has 0 amide bonds. The maximum atomic E-state index is 5.75. The SMILES string of the molecule is CCCCCCOc1ccc(/C=N\NC(N)=S)cc1OC. The molecule has 0 aliphatic carbocycles. The third-order valence-corrected chi connectivity index (χ3v) is 2.92. The molecule has 0 fully saturated rings. The molecule has 3 N–H and O–H groups in total. The lowest BCUT2D eigenvalue weighted by Crippen LogP contribution is -2.23. The second kappa shape index (κ2) is 9.99. The van der Waals surface area contributed by atoms with E-state index in [0.717, 1.165) is 17.7 Å². The van der Waals surface area contributed by atoms with Crippen molar-refractivity contribution < 1.29 is 9.47 Å². The number of hydrazone groups is 1. The van der Waals surface area contributed by atoms with Gasteiger partial charge < -0.3 is 15.2 Å². The molecule has 0 saturated heterocycles. The van der Waals surface area contributed by atoms with Crippen LogP contribution in [0.2, 0.25) is 0 Å². The van der Waals surface area contributed by atoms with Gasteiger partial charge in [0.15, 0.2) is 16.6 Å². The molecule has 0 radical (unpaired) electrons. The highest BCUT2D eigenvalue weighted by Crippen LogP contribution is 2.27. The standard InChI is InChI=1S/C15H23N3O2S/c1-3-4-5-6-9-20-13-8-7-12(10-14(13)19-2)11-17-18-15(16)21/h7-8,10-11H,3-6,9H2,1-2H3,(H3,16,18,21)/b17-11-. The summed E-state index contributed by atoms with van der Waals surface area (Å²) in [5, 5.41) is 4.03. The first-order valence-electron chi connectivity index (χ1n) is 7.06. The molecule has 116 valence electrons. The molecule has 0 atom stereocenters. The zero-order valence-electron chi connectivity index (χ0n) is 12.6. The van der Waals surface area contributed by atoms with Crippen LogP contribution in [0.1, 0.15) is 38.2 Å². The van der Waals surface area contributed by atoms with Gasteiger partial charge in [0, 0.05) is 0 Å². The summed E-state index contributed by atoms with van der Waals surface area (Å²) in [7, 11) is 1.62. The third-order valence-electron chi connectivity index (χ3n) is 2.83. The van der Waals surface area contributed by atoms with E-state index in [1.807, 2.05) is 18.2 Å². The summed E-state index contributed by atoms with van der Waals surface area (Å²) < 4.78 is 11.1. The summed E-state index contributed by atoms with van der Waals surface area (Å²) in [4.78, 5) is 0. The molecule has 1 aromatic carbocycles. The molecule has 5 nitrogen and oxygen atoms in total. The second-order valence-corrected chi connectivity index (χ2v) is 4.99. The quantitative estimate of drug-likeness (QED) is 0.318. The number of nitrogens with one attached hydrogen (secondary N) is 1. The molecule has 0 aliphatic heterocycles. The number of ether oxygens (including phenoxy) is 2. The second-order valence-electron chi connectivity index (χ2n) is 4.55. The number of rotatable bonds is 9. The summed E-state index contributed by atoms with van der Waals surface area (Å²) in [6.07, 6.45) is 6.32. The van der Waals surface area contributed by atoms with Gasteiger partial charge in [-0.2, -0.15) is 5.10 Å². The molecule has 0 bridgehead atoms. The Morgan fingerprint density at radius 2 is 2.14 bits per heavy atom. The van der Waals surface area contributed by atoms with Gasteiger partial charge in [-0.25, -0.2) is 0 Å². The minimum absolute atomic E-state index is 0.130. The molecule has 0 heterocycles. The number of hydrogen-bond acceptors (Lipinski definition) is 4. The van der Waals surface area contributed by atoms with Gasteiger partial charge in [-0.3, -0.25) is 5.43 Å². The number of methoxy groups -OCH3 is 1. The van der Waals surface area contributed by atoms with Crippen molar-refractivity contribution in [3.63, 3.8) is 0 Å². The van der Waals surface area contributed by atoms with Crippen LogP contribution < -0.4 is 20.6 Å². The van der Waals surface area contributed by atoms with Gasteiger partial charge in [-0.05, 0) is 42.4 Å². The van der Waals surface area contributed by atoms with E-state index >= 15 is 0 Å². The summed E-state index contributed by atoms with van der Waals surface area (Å²) >= 11 is 4.67. The minimum Gasteiger partial charge on any atom is -0.493 e. The zero-order valence-corrected chi connectivity index (χ0v) is 13.4. The minimum atomic E-state index is 0.130. The fourth-order valence-corrected chi connectivity index (χ4v) is 1.82. The van der Waals surface area contributed by atoms with Crippen LogP contribution in [-0.4, -0.2) is 25.0 Å². The molecule has 0 spiro atoms. The van der Waals surface area contributed by atoms with Gasteiger partial charge >= 0.3 is 0 Å². The van der Waals surface area contributed by atoms with Gasteiger partial charge in [0.1, 0.15) is 0 Å². The van der Waals surface area contributed by atoms with E-state index < -0.39 is 0 Å². The summed E-state index contributed by atoms with van der Waals surface area (Å²) in [5.41, 5.74) is 8.66. The topological polar surface area (TPSA) is 68.9 Å². The lowest BCUT2D eigenvalue weighted by Gasteiger charge is -2.11. The lowest BCUT2D eigenvalue weighted by molar-refractivity contribution is 0.285. The number of nitrogens with zero attached hydrogens (tertiary/aromatic N) is 1. The third kappa shape index (κ3) is 6.94. The van der Waals surface area contributed by atoms with Crippen molar-refractivity contribution in [2.75, 3.05) is 13.7 Å². The summed E-state index contributed by atoms with van der Waals surface area (Å²) in [6, 6.07) is 5.63. The van der Waals surface area contributed by atoms with Crippen molar-refractivity contribution in [2.45, 2.75) is 32.6 Å². The molecular formula is C15H23N3O2S. The van der Waals surface area contributed by atoms with Crippen LogP contribution >= 0.6 is 12.2 Å². The van der Waals surface area contributed by atoms with Crippen LogP contribution in [-0.2, 0) is 0 Å². The van der Waals surface area contributed by atoms with E-state index in [1.165, 1.54) is 19.3 Å². The fraction of sp³-hybridized carbons (Fsp3) is 0.467. The predicted molar refractivity (Wildman–Crippen MR) is 90.1 cm³/mol. The normalized spacial score (nSPS) is 10.6. The van der Waals surface area contributed by atoms with Gasteiger partial charge in [0.25, 0.3) is 0 Å². The number of benzene rings is 1. The largest absolute Gasteiger partial charge is 0.493 e. The maximum absolute atomic E-state index is 5.75. The van der Waals surface area contributed by atoms with Crippen LogP contribution in [0.25, 0.3) is 0 Å². The van der Waals surface area contributed by atoms with Crippen molar-refractivity contribution in [3.05, 3.63) is 23.8 Å². The van der Waals surface area contributed by atoms with Crippen LogP contribution in [0.3, 0.4) is 0 Å². The summed E-state index contributed by atoms with van der Waals surface area (Å²) in [5.74, 6) is 1.43. The van der Waals surface area contributed by atoms with E-state index in [0.29, 0.717) is 12.4 Å². The van der Waals surface area contributed by atoms with E-state index in [-0.39, 0.29) is 5.11 Å². The monoisotopic (exact) mass is 309 g/mol. The predicted octanol–water partition coefficient (Wildman–Crippen LogP) is 2.82. The van der Waals surface area contributed by atoms with Gasteiger partial charge in [0.05, 0.1) is 19.9 Å². The Bertz CT molecular complexity index is 478. The number of nitrogens with two attached hydrogens (primary N) is 1. The Balaban J connectivity index is 2.57. The highest BCUT2D eigenvalue weighted by Gasteiger charge is 2.04. The first-order chi connectivity index (χ1) is 10.2. The van der Waals surface area contributed by atoms with Crippen molar-refractivity contribution >= 4 is 23.5 Å². The fourth-order valence-electron chi connectivity index (χ4n) is 1.77. The van der Waals surface area contributed by atoms with Crippen LogP contribution in [0.5, 0.6) is 11.5 Å². The van der Waals surface area contributed by atoms with E-state index in [1.54, 1.807) is 13.3 Å². The molecular weight excluding hydrogens is 286 g/mol. The van der Waals surface area contributed by atoms with E-state index in [2.05, 4.69) is 29.7 Å². The molecule has 0 aromatic heterocycles. The Labute approximate surface area is 131 Å². The average molecular weight is 309 g/mol. The van der Waals surface area contributed by atoms with E-state index in [4.69, 9.17) is 15.2 Å². The molecule has 0 saturated carbocycles. The Morgan fingerprint density at radius 3 is 2.81 bits per heavy atom. The number of thiocarbonyl (C=S) groups is 1. The number of hydrogen-bond donors (Lipinski definition) is 2. The Morgan fingerprint density at radius 1 is 1.33 bits per heavy atom. The Kier molecular flexibility index (Phi) is 8.19. The number of unbranched alkanes of at least 4 members (excludes halogenated alkanes) is 3. The molecule has 1 rings (SSSR count). The van der Waals surface area contributed by atoms with E-state index in [9.17, 15) is 0 Å². The van der Waals surface area contributed by atoms with Crippen molar-refractivity contribution in [3.8, 4) is 11.5 Å². The molecule has 0 unspecified atom stereocenters. The average Bonchev–Trinajstić information content (AvgIpc) is 2.47. The van der Waals surface area contributed by atoms with Crippen molar-refractivity contribution in [1.29, 1.82) is 0 Å². The van der Waals surface area contributed by atoms with Gasteiger partial charge in [0.2, 0.25) is 0 Å². The summed E-state index contributed by atoms with van der Waals surface area (Å²) in [6.45, 7) is 2.89. The lowest BCUT2D eigenvalue weighted by atomic mass is 10.2. The molecule has 1 aromatic rings. The highest BCUT2D eigenvalue weighted by atomic mass is 32.1. The van der Waals surface area contributed by atoms with Gasteiger partial charge in [-0.15, -0.1) is 0 Å². The van der Waals surface area contributed by atoms with Crippen LogP contribution in [0.15, 0.2) is 23.3 Å². The Hall–Kier alpha value is -1.82. The highest BCUT2D eigenvalue weighted by molar-refractivity contribution is 7.80.